The smallest absolute Gasteiger partial charge is 0.354 e. The summed E-state index contributed by atoms with van der Waals surface area (Å²) in [5, 5.41) is 0. The first-order valence-electron chi connectivity index (χ1n) is 10.2. The van der Waals surface area contributed by atoms with Crippen LogP contribution in [0.5, 0.6) is 0 Å². The number of anilines is 1. The molecule has 3 aromatic heterocycles. The lowest BCUT2D eigenvalue weighted by atomic mass is 10.1. The van der Waals surface area contributed by atoms with Crippen molar-refractivity contribution in [3.05, 3.63) is 54.5 Å². The molecule has 0 bridgehead atoms. The van der Waals surface area contributed by atoms with Crippen molar-refractivity contribution in [1.29, 1.82) is 0 Å². The van der Waals surface area contributed by atoms with Crippen LogP contribution in [-0.2, 0) is 19.3 Å². The first kappa shape index (κ1) is 21.2. The summed E-state index contributed by atoms with van der Waals surface area (Å²) in [6.07, 6.45) is 2.22. The number of pyridine rings is 1. The predicted molar refractivity (Wildman–Crippen MR) is 110 cm³/mol. The number of hydrogen-bond donors (Lipinski definition) is 0. The van der Waals surface area contributed by atoms with E-state index in [1.54, 1.807) is 18.3 Å². The zero-order chi connectivity index (χ0) is 22.0. The number of piperazine rings is 1. The van der Waals surface area contributed by atoms with E-state index in [1.807, 2.05) is 11.1 Å². The molecule has 0 unspecified atom stereocenters. The van der Waals surface area contributed by atoms with Crippen molar-refractivity contribution in [2.24, 2.45) is 0 Å². The molecule has 164 valence electrons. The summed E-state index contributed by atoms with van der Waals surface area (Å²) in [5.74, 6) is 1.33. The van der Waals surface area contributed by atoms with Crippen LogP contribution < -0.4 is 4.90 Å². The highest BCUT2D eigenvalue weighted by Crippen LogP contribution is 2.32. The van der Waals surface area contributed by atoms with Crippen LogP contribution in [0.3, 0.4) is 0 Å². The maximum atomic E-state index is 13.5. The Kier molecular flexibility index (Phi) is 5.90. The molecule has 0 saturated carbocycles. The molecule has 1 saturated heterocycles. The zero-order valence-electron chi connectivity index (χ0n) is 17.4. The van der Waals surface area contributed by atoms with Gasteiger partial charge >= 0.3 is 6.18 Å². The summed E-state index contributed by atoms with van der Waals surface area (Å²) in [7, 11) is 0. The number of rotatable bonds is 5. The van der Waals surface area contributed by atoms with Gasteiger partial charge in [-0.1, -0.05) is 0 Å². The summed E-state index contributed by atoms with van der Waals surface area (Å²) in [6.45, 7) is 7.53. The second-order valence-electron chi connectivity index (χ2n) is 7.56. The van der Waals surface area contributed by atoms with E-state index in [-0.39, 0.29) is 17.7 Å². The molecule has 1 fully saturated rings. The molecule has 1 aliphatic heterocycles. The van der Waals surface area contributed by atoms with E-state index < -0.39 is 11.9 Å². The number of aryl methyl sites for hydroxylation is 1. The normalized spacial score (nSPS) is 17.8. The molecular weight excluding hydrogens is 407 g/mol. The molecule has 4 heterocycles. The molecule has 0 aliphatic carbocycles. The van der Waals surface area contributed by atoms with Gasteiger partial charge in [-0.2, -0.15) is 13.2 Å². The molecule has 7 nitrogen and oxygen atoms in total. The number of hydrogen-bond acceptors (Lipinski definition) is 6. The van der Waals surface area contributed by atoms with Gasteiger partial charge in [0.15, 0.2) is 11.5 Å². The molecular formula is C21H24F3N7. The van der Waals surface area contributed by atoms with E-state index in [0.29, 0.717) is 31.7 Å². The number of aromatic nitrogens is 5. The van der Waals surface area contributed by atoms with Crippen molar-refractivity contribution in [2.75, 3.05) is 24.5 Å². The van der Waals surface area contributed by atoms with Crippen molar-refractivity contribution in [1.82, 2.24) is 29.4 Å². The molecule has 0 amide bonds. The number of nitrogens with zero attached hydrogens (tertiary/aromatic N) is 7. The van der Waals surface area contributed by atoms with Gasteiger partial charge in [-0.25, -0.2) is 15.0 Å². The van der Waals surface area contributed by atoms with Gasteiger partial charge in [0, 0.05) is 68.6 Å². The third-order valence-electron chi connectivity index (χ3n) is 5.52. The van der Waals surface area contributed by atoms with Crippen LogP contribution >= 0.6 is 0 Å². The van der Waals surface area contributed by atoms with Crippen LogP contribution in [0, 0.1) is 0 Å². The van der Waals surface area contributed by atoms with E-state index in [9.17, 15) is 13.2 Å². The van der Waals surface area contributed by atoms with E-state index in [0.717, 1.165) is 18.4 Å². The Morgan fingerprint density at radius 2 is 1.87 bits per heavy atom. The minimum atomic E-state index is -4.55. The minimum Gasteiger partial charge on any atom is -0.354 e. The lowest BCUT2D eigenvalue weighted by molar-refractivity contribution is -0.141. The van der Waals surface area contributed by atoms with E-state index in [4.69, 9.17) is 0 Å². The van der Waals surface area contributed by atoms with E-state index >= 15 is 0 Å². The maximum absolute atomic E-state index is 13.5. The van der Waals surface area contributed by atoms with Gasteiger partial charge in [0.05, 0.1) is 6.54 Å². The summed E-state index contributed by atoms with van der Waals surface area (Å²) >= 11 is 0. The van der Waals surface area contributed by atoms with Crippen LogP contribution in [0.1, 0.15) is 25.4 Å². The number of halogens is 3. The zero-order valence-corrected chi connectivity index (χ0v) is 17.4. The van der Waals surface area contributed by atoms with Gasteiger partial charge in [0.25, 0.3) is 0 Å². The molecule has 3 aromatic rings. The van der Waals surface area contributed by atoms with E-state index in [1.165, 1.54) is 12.4 Å². The van der Waals surface area contributed by atoms with Crippen molar-refractivity contribution in [2.45, 2.75) is 39.2 Å². The van der Waals surface area contributed by atoms with Gasteiger partial charge in [-0.15, -0.1) is 0 Å². The van der Waals surface area contributed by atoms with Crippen molar-refractivity contribution in [3.63, 3.8) is 0 Å². The van der Waals surface area contributed by atoms with Crippen LogP contribution in [-0.4, -0.2) is 55.1 Å². The number of imidazole rings is 1. The Balaban J connectivity index is 1.57. The van der Waals surface area contributed by atoms with Gasteiger partial charge in [0.1, 0.15) is 11.6 Å². The van der Waals surface area contributed by atoms with Gasteiger partial charge < -0.3 is 9.47 Å². The molecule has 0 aromatic carbocycles. The van der Waals surface area contributed by atoms with Crippen molar-refractivity contribution >= 4 is 5.82 Å². The number of alkyl halides is 3. The lowest BCUT2D eigenvalue weighted by Crippen LogP contribution is -2.52. The third kappa shape index (κ3) is 4.68. The predicted octanol–water partition coefficient (Wildman–Crippen LogP) is 3.48. The standard InChI is InChI=1S/C21H24F3N7/c1-3-29-9-8-26-19(29)14-30-10-11-31(13-15(30)2)18-12-17(21(22,23)24)27-20(28-18)16-4-6-25-7-5-16/h4-9,12,15H,3,10-11,13-14H2,1-2H3/t15-/m1/s1. The van der Waals surface area contributed by atoms with Crippen molar-refractivity contribution < 1.29 is 13.2 Å². The quantitative estimate of drug-likeness (QED) is 0.616. The Bertz CT molecular complexity index is 1020. The SMILES string of the molecule is CCn1ccnc1CN1CCN(c2cc(C(F)(F)F)nc(-c3ccncc3)n2)C[C@H]1C. The highest BCUT2D eigenvalue weighted by Gasteiger charge is 2.35. The summed E-state index contributed by atoms with van der Waals surface area (Å²) < 4.78 is 42.6. The first-order valence-corrected chi connectivity index (χ1v) is 10.2. The highest BCUT2D eigenvalue weighted by molar-refractivity contribution is 5.57. The van der Waals surface area contributed by atoms with Crippen LogP contribution in [0.2, 0.25) is 0 Å². The molecule has 0 spiro atoms. The molecule has 1 aliphatic rings. The Morgan fingerprint density at radius 1 is 1.10 bits per heavy atom. The molecule has 0 N–H and O–H groups in total. The van der Waals surface area contributed by atoms with Gasteiger partial charge in [0.2, 0.25) is 0 Å². The second-order valence-corrected chi connectivity index (χ2v) is 7.56. The van der Waals surface area contributed by atoms with Gasteiger partial charge in [-0.05, 0) is 26.0 Å². The molecule has 31 heavy (non-hydrogen) atoms. The van der Waals surface area contributed by atoms with Crippen LogP contribution in [0.4, 0.5) is 19.0 Å². The highest BCUT2D eigenvalue weighted by atomic mass is 19.4. The molecule has 1 atom stereocenters. The monoisotopic (exact) mass is 431 g/mol. The Hall–Kier alpha value is -3.01. The van der Waals surface area contributed by atoms with E-state index in [2.05, 4.69) is 43.3 Å². The maximum Gasteiger partial charge on any atom is 0.433 e. The molecule has 4 rings (SSSR count). The first-order chi connectivity index (χ1) is 14.8. The molecule has 0 radical (unpaired) electrons. The average Bonchev–Trinajstić information content (AvgIpc) is 3.22. The van der Waals surface area contributed by atoms with Crippen molar-refractivity contribution in [3.8, 4) is 11.4 Å². The lowest BCUT2D eigenvalue weighted by Gasteiger charge is -2.40. The summed E-state index contributed by atoms with van der Waals surface area (Å²) in [6, 6.07) is 4.38. The third-order valence-corrected chi connectivity index (χ3v) is 5.52. The fraction of sp³-hybridized carbons (Fsp3) is 0.429. The largest absolute Gasteiger partial charge is 0.433 e. The topological polar surface area (TPSA) is 63.0 Å². The van der Waals surface area contributed by atoms with Gasteiger partial charge in [-0.3, -0.25) is 9.88 Å². The summed E-state index contributed by atoms with van der Waals surface area (Å²) in [4.78, 5) is 20.8. The average molecular weight is 431 g/mol. The Morgan fingerprint density at radius 3 is 2.55 bits per heavy atom. The van der Waals surface area contributed by atoms with Crippen LogP contribution in [0.15, 0.2) is 43.0 Å². The summed E-state index contributed by atoms with van der Waals surface area (Å²) in [5.41, 5.74) is -0.440. The molecule has 10 heteroatoms. The Labute approximate surface area is 178 Å². The minimum absolute atomic E-state index is 0.0484. The fourth-order valence-corrected chi connectivity index (χ4v) is 3.77. The second kappa shape index (κ2) is 8.62. The van der Waals surface area contributed by atoms with Crippen LogP contribution in [0.25, 0.3) is 11.4 Å². The fourth-order valence-electron chi connectivity index (χ4n) is 3.77.